The molecule has 0 aliphatic rings. The Morgan fingerprint density at radius 1 is 1.30 bits per heavy atom. The lowest BCUT2D eigenvalue weighted by Crippen LogP contribution is -2.33. The van der Waals surface area contributed by atoms with Crippen molar-refractivity contribution in [2.75, 3.05) is 20.3 Å². The summed E-state index contributed by atoms with van der Waals surface area (Å²) in [4.78, 5) is 26.8. The summed E-state index contributed by atoms with van der Waals surface area (Å²) in [7, 11) is 1.56. The number of carbonyl (C=O) groups excluding carboxylic acids is 2. The van der Waals surface area contributed by atoms with Crippen molar-refractivity contribution in [2.45, 2.75) is 13.3 Å². The van der Waals surface area contributed by atoms with Crippen LogP contribution in [0.25, 0.3) is 11.4 Å². The molecule has 0 atom stereocenters. The number of nitrogens with zero attached hydrogens (tertiary/aromatic N) is 2. The number of aromatic nitrogens is 2. The van der Waals surface area contributed by atoms with Crippen LogP contribution in [-0.2, 0) is 20.7 Å². The van der Waals surface area contributed by atoms with E-state index < -0.39 is 11.9 Å². The Hall–Kier alpha value is -2.90. The highest BCUT2D eigenvalue weighted by molar-refractivity contribution is 6.32. The van der Waals surface area contributed by atoms with Crippen LogP contribution in [0.3, 0.4) is 0 Å². The van der Waals surface area contributed by atoms with Crippen LogP contribution in [-0.4, -0.2) is 42.3 Å². The van der Waals surface area contributed by atoms with Gasteiger partial charge in [-0.2, -0.15) is 4.98 Å². The number of ether oxygens (including phenoxy) is 2. The molecule has 0 radical (unpaired) electrons. The van der Waals surface area contributed by atoms with Gasteiger partial charge in [-0.05, 0) is 19.1 Å². The van der Waals surface area contributed by atoms with Gasteiger partial charge >= 0.3 is 11.9 Å². The Balaban J connectivity index is 1.93. The summed E-state index contributed by atoms with van der Waals surface area (Å²) in [6.45, 7) is 1.96. The third kappa shape index (κ3) is 4.29. The molecule has 0 saturated carbocycles. The molecule has 8 nitrogen and oxygen atoms in total. The number of esters is 1. The van der Waals surface area contributed by atoms with Crippen LogP contribution in [0, 0.1) is 0 Å². The van der Waals surface area contributed by atoms with Crippen LogP contribution in [0.1, 0.15) is 12.8 Å². The molecule has 0 fully saturated rings. The van der Waals surface area contributed by atoms with Gasteiger partial charge < -0.3 is 19.3 Å². The topological polar surface area (TPSA) is 104 Å². The smallest absolute Gasteiger partial charge is 0.396 e. The van der Waals surface area contributed by atoms with E-state index >= 15 is 0 Å². The zero-order valence-corrected chi connectivity index (χ0v) is 12.9. The molecule has 8 heteroatoms. The third-order valence-corrected chi connectivity index (χ3v) is 2.90. The number of para-hydroxylation sites is 1. The van der Waals surface area contributed by atoms with Crippen LogP contribution in [0.5, 0.6) is 5.75 Å². The molecule has 1 heterocycles. The lowest BCUT2D eigenvalue weighted by atomic mass is 10.2. The number of hydrogen-bond acceptors (Lipinski definition) is 7. The molecule has 2 rings (SSSR count). The molecule has 1 amide bonds. The molecule has 1 aromatic carbocycles. The first-order valence-electron chi connectivity index (χ1n) is 7.06. The van der Waals surface area contributed by atoms with Crippen LogP contribution < -0.4 is 10.1 Å². The molecule has 122 valence electrons. The van der Waals surface area contributed by atoms with E-state index in [-0.39, 0.29) is 13.2 Å². The summed E-state index contributed by atoms with van der Waals surface area (Å²) in [6, 6.07) is 7.29. The second kappa shape index (κ2) is 7.92. The van der Waals surface area contributed by atoms with Crippen molar-refractivity contribution in [3.63, 3.8) is 0 Å². The van der Waals surface area contributed by atoms with Crippen LogP contribution >= 0.6 is 0 Å². The Bertz CT molecular complexity index is 683. The van der Waals surface area contributed by atoms with Gasteiger partial charge in [0.15, 0.2) is 0 Å². The van der Waals surface area contributed by atoms with Gasteiger partial charge in [0.1, 0.15) is 5.75 Å². The molecule has 0 unspecified atom stereocenters. The van der Waals surface area contributed by atoms with Gasteiger partial charge in [0.2, 0.25) is 11.7 Å². The predicted molar refractivity (Wildman–Crippen MR) is 79.6 cm³/mol. The van der Waals surface area contributed by atoms with E-state index in [0.29, 0.717) is 29.4 Å². The summed E-state index contributed by atoms with van der Waals surface area (Å²) in [6.07, 6.45) is 0.299. The molecule has 0 saturated heterocycles. The molecular formula is C15H17N3O5. The highest BCUT2D eigenvalue weighted by Gasteiger charge is 2.15. The van der Waals surface area contributed by atoms with E-state index in [1.54, 1.807) is 20.1 Å². The predicted octanol–water partition coefficient (Wildman–Crippen LogP) is 0.967. The number of methoxy groups -OCH3 is 1. The third-order valence-electron chi connectivity index (χ3n) is 2.90. The van der Waals surface area contributed by atoms with Crippen molar-refractivity contribution in [3.05, 3.63) is 30.2 Å². The van der Waals surface area contributed by atoms with Gasteiger partial charge in [0, 0.05) is 13.0 Å². The molecule has 1 N–H and O–H groups in total. The standard InChI is InChI=1S/C15H17N3O5/c1-3-22-15(20)14(19)16-9-8-12-17-13(18-23-12)10-6-4-5-7-11(10)21-2/h4-7H,3,8-9H2,1-2H3,(H,16,19). The minimum absolute atomic E-state index is 0.151. The van der Waals surface area contributed by atoms with Gasteiger partial charge in [0.05, 0.1) is 19.3 Å². The fourth-order valence-corrected chi connectivity index (χ4v) is 1.85. The number of hydrogen-bond donors (Lipinski definition) is 1. The second-order valence-electron chi connectivity index (χ2n) is 4.44. The van der Waals surface area contributed by atoms with Gasteiger partial charge in [-0.25, -0.2) is 4.79 Å². The Kier molecular flexibility index (Phi) is 5.67. The van der Waals surface area contributed by atoms with Crippen molar-refractivity contribution in [1.82, 2.24) is 15.5 Å². The first-order chi connectivity index (χ1) is 11.2. The lowest BCUT2D eigenvalue weighted by Gasteiger charge is -2.03. The molecular weight excluding hydrogens is 302 g/mol. The van der Waals surface area contributed by atoms with E-state index in [2.05, 4.69) is 20.2 Å². The molecule has 2 aromatic rings. The first kappa shape index (κ1) is 16.5. The Labute approximate surface area is 132 Å². The molecule has 0 aliphatic carbocycles. The highest BCUT2D eigenvalue weighted by atomic mass is 16.5. The van der Waals surface area contributed by atoms with E-state index in [1.165, 1.54) is 0 Å². The maximum absolute atomic E-state index is 11.4. The molecule has 23 heavy (non-hydrogen) atoms. The van der Waals surface area contributed by atoms with Crippen molar-refractivity contribution in [3.8, 4) is 17.1 Å². The Morgan fingerprint density at radius 2 is 2.09 bits per heavy atom. The zero-order valence-electron chi connectivity index (χ0n) is 12.9. The maximum atomic E-state index is 11.4. The fraction of sp³-hybridized carbons (Fsp3) is 0.333. The fourth-order valence-electron chi connectivity index (χ4n) is 1.85. The number of nitrogens with one attached hydrogen (secondary N) is 1. The summed E-state index contributed by atoms with van der Waals surface area (Å²) in [5.41, 5.74) is 0.709. The summed E-state index contributed by atoms with van der Waals surface area (Å²) in [5, 5.41) is 6.31. The van der Waals surface area contributed by atoms with E-state index in [9.17, 15) is 9.59 Å². The summed E-state index contributed by atoms with van der Waals surface area (Å²) < 4.78 is 14.9. The second-order valence-corrected chi connectivity index (χ2v) is 4.44. The largest absolute Gasteiger partial charge is 0.496 e. The Morgan fingerprint density at radius 3 is 2.83 bits per heavy atom. The van der Waals surface area contributed by atoms with Gasteiger partial charge in [-0.15, -0.1) is 0 Å². The summed E-state index contributed by atoms with van der Waals surface area (Å²) >= 11 is 0. The monoisotopic (exact) mass is 319 g/mol. The minimum atomic E-state index is -0.909. The molecule has 0 aliphatic heterocycles. The van der Waals surface area contributed by atoms with Crippen molar-refractivity contribution in [1.29, 1.82) is 0 Å². The van der Waals surface area contributed by atoms with Crippen molar-refractivity contribution < 1.29 is 23.6 Å². The normalized spacial score (nSPS) is 10.2. The molecule has 0 bridgehead atoms. The average Bonchev–Trinajstić information content (AvgIpc) is 3.03. The quantitative estimate of drug-likeness (QED) is 0.625. The number of rotatable bonds is 6. The SMILES string of the molecule is CCOC(=O)C(=O)NCCc1nc(-c2ccccc2OC)no1. The lowest BCUT2D eigenvalue weighted by molar-refractivity contribution is -0.154. The minimum Gasteiger partial charge on any atom is -0.496 e. The number of benzene rings is 1. The molecule has 0 spiro atoms. The average molecular weight is 319 g/mol. The van der Waals surface area contributed by atoms with E-state index in [4.69, 9.17) is 9.26 Å². The van der Waals surface area contributed by atoms with Crippen LogP contribution in [0.4, 0.5) is 0 Å². The zero-order chi connectivity index (χ0) is 16.7. The highest BCUT2D eigenvalue weighted by Crippen LogP contribution is 2.26. The van der Waals surface area contributed by atoms with Gasteiger partial charge in [0.25, 0.3) is 0 Å². The van der Waals surface area contributed by atoms with Crippen molar-refractivity contribution in [2.24, 2.45) is 0 Å². The first-order valence-corrected chi connectivity index (χ1v) is 7.06. The van der Waals surface area contributed by atoms with Gasteiger partial charge in [-0.1, -0.05) is 17.3 Å². The van der Waals surface area contributed by atoms with E-state index in [0.717, 1.165) is 0 Å². The van der Waals surface area contributed by atoms with Crippen LogP contribution in [0.15, 0.2) is 28.8 Å². The van der Waals surface area contributed by atoms with Crippen molar-refractivity contribution >= 4 is 11.9 Å². The molecule has 1 aromatic heterocycles. The maximum Gasteiger partial charge on any atom is 0.396 e. The van der Waals surface area contributed by atoms with Gasteiger partial charge in [-0.3, -0.25) is 4.79 Å². The summed E-state index contributed by atoms with van der Waals surface area (Å²) in [5.74, 6) is -0.330. The van der Waals surface area contributed by atoms with Crippen LogP contribution in [0.2, 0.25) is 0 Å². The van der Waals surface area contributed by atoms with E-state index in [1.807, 2.05) is 18.2 Å². The number of carbonyl (C=O) groups is 2. The number of amides is 1.